The van der Waals surface area contributed by atoms with Crippen molar-refractivity contribution >= 4 is 22.4 Å². The Kier molecular flexibility index (Phi) is 5.82. The molecule has 0 atom stereocenters. The number of hydrogen-bond donors (Lipinski definition) is 2. The fraction of sp³-hybridized carbons (Fsp3) is 0.500. The number of sulfonamides is 1. The quantitative estimate of drug-likeness (QED) is 0.637. The summed E-state index contributed by atoms with van der Waals surface area (Å²) in [6, 6.07) is -0.0437. The van der Waals surface area contributed by atoms with E-state index in [0.29, 0.717) is 25.7 Å². The maximum Gasteiger partial charge on any atom is 0.247 e. The number of nitrogens with one attached hydrogen (secondary N) is 1. The van der Waals surface area contributed by atoms with Gasteiger partial charge in [-0.05, 0) is 12.8 Å². The second-order valence-corrected chi connectivity index (χ2v) is 6.71. The molecule has 4 nitrogen and oxygen atoms in total. The highest BCUT2D eigenvalue weighted by Crippen LogP contribution is 2.32. The van der Waals surface area contributed by atoms with Crippen LogP contribution in [0.2, 0.25) is 0 Å². The van der Waals surface area contributed by atoms with E-state index < -0.39 is 43.7 Å². The summed E-state index contributed by atoms with van der Waals surface area (Å²) >= 11 is 0. The second-order valence-electron chi connectivity index (χ2n) is 5.09. The van der Waals surface area contributed by atoms with Gasteiger partial charge >= 0.3 is 0 Å². The maximum atomic E-state index is 13.6. The Morgan fingerprint density at radius 1 is 1.09 bits per heavy atom. The Hall–Kier alpha value is -0.900. The Morgan fingerprint density at radius 2 is 1.55 bits per heavy atom. The lowest BCUT2D eigenvalue weighted by Crippen LogP contribution is -2.51. The smallest absolute Gasteiger partial charge is 0.247 e. The van der Waals surface area contributed by atoms with Crippen molar-refractivity contribution in [2.45, 2.75) is 36.1 Å². The first-order valence-electron chi connectivity index (χ1n) is 6.29. The van der Waals surface area contributed by atoms with Crippen molar-refractivity contribution in [3.8, 4) is 0 Å². The van der Waals surface area contributed by atoms with Crippen molar-refractivity contribution in [2.24, 2.45) is 5.73 Å². The van der Waals surface area contributed by atoms with E-state index >= 15 is 0 Å². The van der Waals surface area contributed by atoms with Gasteiger partial charge < -0.3 is 5.73 Å². The summed E-state index contributed by atoms with van der Waals surface area (Å²) in [5.74, 6) is -7.46. The van der Waals surface area contributed by atoms with Crippen molar-refractivity contribution in [1.29, 1.82) is 0 Å². The van der Waals surface area contributed by atoms with Crippen LogP contribution in [0.25, 0.3) is 0 Å². The molecule has 1 aromatic rings. The van der Waals surface area contributed by atoms with Gasteiger partial charge in [0.15, 0.2) is 28.2 Å². The minimum atomic E-state index is -4.78. The standard InChI is InChI=1S/C12H14F4N2O2S.ClH/c13-7-5-8(14)10(16)11(9(7)15)21(19,20)18-12(6-17)3-1-2-4-12;/h5,18H,1-4,6,17H2;1H. The Morgan fingerprint density at radius 3 is 1.95 bits per heavy atom. The highest BCUT2D eigenvalue weighted by molar-refractivity contribution is 7.89. The first kappa shape index (κ1) is 19.1. The molecule has 1 aliphatic rings. The van der Waals surface area contributed by atoms with Crippen molar-refractivity contribution in [3.63, 3.8) is 0 Å². The molecule has 1 saturated carbocycles. The largest absolute Gasteiger partial charge is 0.329 e. The van der Waals surface area contributed by atoms with Crippen molar-refractivity contribution in [2.75, 3.05) is 6.54 Å². The SMILES string of the molecule is Cl.NCC1(NS(=O)(=O)c2c(F)c(F)cc(F)c2F)CCCC1. The summed E-state index contributed by atoms with van der Waals surface area (Å²) in [5, 5.41) is 0. The average Bonchev–Trinajstić information content (AvgIpc) is 2.85. The molecule has 0 bridgehead atoms. The van der Waals surface area contributed by atoms with Crippen LogP contribution in [-0.2, 0) is 10.0 Å². The summed E-state index contributed by atoms with van der Waals surface area (Å²) in [7, 11) is -4.78. The zero-order chi connectivity index (χ0) is 15.8. The minimum absolute atomic E-state index is 0. The zero-order valence-corrected chi connectivity index (χ0v) is 13.0. The lowest BCUT2D eigenvalue weighted by atomic mass is 10.0. The fourth-order valence-corrected chi connectivity index (χ4v) is 4.15. The second kappa shape index (κ2) is 6.69. The number of halogens is 5. The van der Waals surface area contributed by atoms with Gasteiger partial charge in [-0.2, -0.15) is 0 Å². The van der Waals surface area contributed by atoms with Crippen LogP contribution in [-0.4, -0.2) is 20.5 Å². The van der Waals surface area contributed by atoms with Gasteiger partial charge in [0.2, 0.25) is 10.0 Å². The van der Waals surface area contributed by atoms with Crippen LogP contribution < -0.4 is 10.5 Å². The zero-order valence-electron chi connectivity index (χ0n) is 11.3. The van der Waals surface area contributed by atoms with Crippen LogP contribution in [0.15, 0.2) is 11.0 Å². The molecule has 126 valence electrons. The molecule has 0 unspecified atom stereocenters. The molecule has 1 fully saturated rings. The van der Waals surface area contributed by atoms with E-state index in [1.54, 1.807) is 0 Å². The van der Waals surface area contributed by atoms with Crippen LogP contribution >= 0.6 is 12.4 Å². The summed E-state index contributed by atoms with van der Waals surface area (Å²) in [4.78, 5) is -1.65. The number of benzene rings is 1. The topological polar surface area (TPSA) is 72.2 Å². The Balaban J connectivity index is 0.00000242. The van der Waals surface area contributed by atoms with E-state index in [4.69, 9.17) is 5.73 Å². The first-order chi connectivity index (χ1) is 9.72. The monoisotopic (exact) mass is 362 g/mol. The Labute approximate surface area is 131 Å². The molecule has 0 amide bonds. The van der Waals surface area contributed by atoms with Crippen LogP contribution in [0.5, 0.6) is 0 Å². The van der Waals surface area contributed by atoms with Gasteiger partial charge in [0, 0.05) is 18.2 Å². The van der Waals surface area contributed by atoms with Gasteiger partial charge in [0.1, 0.15) is 0 Å². The predicted octanol–water partition coefficient (Wildman–Crippen LogP) is 2.21. The van der Waals surface area contributed by atoms with Gasteiger partial charge in [-0.25, -0.2) is 30.7 Å². The number of hydrogen-bond acceptors (Lipinski definition) is 3. The third kappa shape index (κ3) is 3.37. The third-order valence-corrected chi connectivity index (χ3v) is 5.24. The summed E-state index contributed by atoms with van der Waals surface area (Å²) in [5.41, 5.74) is 4.49. The van der Waals surface area contributed by atoms with E-state index in [1.165, 1.54) is 0 Å². The van der Waals surface area contributed by atoms with E-state index in [2.05, 4.69) is 4.72 Å². The summed E-state index contributed by atoms with van der Waals surface area (Å²) in [6.45, 7) is -0.0761. The summed E-state index contributed by atoms with van der Waals surface area (Å²) < 4.78 is 79.8. The van der Waals surface area contributed by atoms with Crippen LogP contribution in [0.4, 0.5) is 17.6 Å². The van der Waals surface area contributed by atoms with Crippen molar-refractivity contribution < 1.29 is 26.0 Å². The first-order valence-corrected chi connectivity index (χ1v) is 7.78. The lowest BCUT2D eigenvalue weighted by molar-refractivity contribution is 0.387. The van der Waals surface area contributed by atoms with E-state index in [0.717, 1.165) is 0 Å². The van der Waals surface area contributed by atoms with Gasteiger partial charge in [-0.1, -0.05) is 12.8 Å². The molecule has 2 rings (SSSR count). The van der Waals surface area contributed by atoms with E-state index in [1.807, 2.05) is 0 Å². The van der Waals surface area contributed by atoms with Gasteiger partial charge in [-0.15, -0.1) is 12.4 Å². The molecule has 10 heteroatoms. The molecular weight excluding hydrogens is 348 g/mol. The summed E-state index contributed by atoms with van der Waals surface area (Å²) in [6.07, 6.45) is 2.18. The van der Waals surface area contributed by atoms with Gasteiger partial charge in [0.05, 0.1) is 0 Å². The molecule has 1 aromatic carbocycles. The molecule has 1 aliphatic carbocycles. The van der Waals surface area contributed by atoms with E-state index in [-0.39, 0.29) is 25.0 Å². The van der Waals surface area contributed by atoms with Crippen LogP contribution in [0.1, 0.15) is 25.7 Å². The molecule has 0 aromatic heterocycles. The van der Waals surface area contributed by atoms with Gasteiger partial charge in [0.25, 0.3) is 0 Å². The molecule has 0 saturated heterocycles. The third-order valence-electron chi connectivity index (χ3n) is 3.64. The molecule has 0 aliphatic heterocycles. The Bertz CT molecular complexity index is 637. The number of rotatable bonds is 4. The van der Waals surface area contributed by atoms with E-state index in [9.17, 15) is 26.0 Å². The van der Waals surface area contributed by atoms with Gasteiger partial charge in [-0.3, -0.25) is 0 Å². The highest BCUT2D eigenvalue weighted by Gasteiger charge is 2.39. The fourth-order valence-electron chi connectivity index (χ4n) is 2.52. The molecule has 3 N–H and O–H groups in total. The maximum absolute atomic E-state index is 13.6. The van der Waals surface area contributed by atoms with Crippen molar-refractivity contribution in [1.82, 2.24) is 4.72 Å². The predicted molar refractivity (Wildman–Crippen MR) is 74.1 cm³/mol. The van der Waals surface area contributed by atoms with Crippen LogP contribution in [0.3, 0.4) is 0 Å². The molecule has 0 spiro atoms. The molecule has 0 radical (unpaired) electrons. The average molecular weight is 363 g/mol. The van der Waals surface area contributed by atoms with Crippen LogP contribution in [0, 0.1) is 23.3 Å². The number of nitrogens with two attached hydrogens (primary N) is 1. The molecule has 0 heterocycles. The highest BCUT2D eigenvalue weighted by atomic mass is 35.5. The van der Waals surface area contributed by atoms with Crippen molar-refractivity contribution in [3.05, 3.63) is 29.3 Å². The normalized spacial score (nSPS) is 17.3. The molecular formula is C12H15ClF4N2O2S. The lowest BCUT2D eigenvalue weighted by Gasteiger charge is -2.28. The molecule has 22 heavy (non-hydrogen) atoms. The minimum Gasteiger partial charge on any atom is -0.329 e.